The summed E-state index contributed by atoms with van der Waals surface area (Å²) < 4.78 is 0. The second-order valence-corrected chi connectivity index (χ2v) is 5.92. The Hall–Kier alpha value is -0.770. The summed E-state index contributed by atoms with van der Waals surface area (Å²) in [6.45, 7) is 2.58. The molecule has 1 aliphatic rings. The number of aliphatic carboxylic acids is 1. The van der Waals surface area contributed by atoms with Crippen LogP contribution in [0.15, 0.2) is 18.2 Å². The molecule has 1 aliphatic heterocycles. The molecule has 3 nitrogen and oxygen atoms in total. The lowest BCUT2D eigenvalue weighted by Gasteiger charge is -2.32. The minimum atomic E-state index is -0.712. The van der Waals surface area contributed by atoms with Crippen molar-refractivity contribution in [3.05, 3.63) is 33.8 Å². The fourth-order valence-electron chi connectivity index (χ4n) is 2.60. The minimum Gasteiger partial charge on any atom is -0.481 e. The number of piperidine rings is 1. The van der Waals surface area contributed by atoms with Crippen molar-refractivity contribution in [2.24, 2.45) is 5.92 Å². The Kier molecular flexibility index (Phi) is 5.08. The maximum Gasteiger partial charge on any atom is 0.303 e. The van der Waals surface area contributed by atoms with Gasteiger partial charge < -0.3 is 5.11 Å². The maximum absolute atomic E-state index is 10.8. The molecule has 1 aromatic rings. The lowest BCUT2D eigenvalue weighted by molar-refractivity contribution is -0.138. The molecule has 1 fully saturated rings. The van der Waals surface area contributed by atoms with Gasteiger partial charge in [0, 0.05) is 29.6 Å². The molecule has 1 atom stereocenters. The first-order valence-corrected chi connectivity index (χ1v) is 7.18. The Balaban J connectivity index is 1.96. The van der Waals surface area contributed by atoms with Gasteiger partial charge >= 0.3 is 5.97 Å². The molecule has 0 spiro atoms. The Bertz CT molecular complexity index is 465. The Morgan fingerprint density at radius 1 is 1.42 bits per heavy atom. The topological polar surface area (TPSA) is 40.5 Å². The minimum absolute atomic E-state index is 0.248. The molecule has 0 radical (unpaired) electrons. The summed E-state index contributed by atoms with van der Waals surface area (Å²) in [5.74, 6) is -0.464. The van der Waals surface area contributed by atoms with E-state index in [0.717, 1.165) is 38.0 Å². The molecule has 0 aromatic heterocycles. The first-order valence-electron chi connectivity index (χ1n) is 6.42. The molecule has 1 unspecified atom stereocenters. The van der Waals surface area contributed by atoms with Gasteiger partial charge in [-0.3, -0.25) is 9.69 Å². The van der Waals surface area contributed by atoms with Crippen molar-refractivity contribution in [3.63, 3.8) is 0 Å². The van der Waals surface area contributed by atoms with Crippen LogP contribution in [0.2, 0.25) is 10.0 Å². The number of benzene rings is 1. The molecule has 19 heavy (non-hydrogen) atoms. The molecule has 1 aromatic carbocycles. The molecule has 0 aliphatic carbocycles. The van der Waals surface area contributed by atoms with E-state index in [0.29, 0.717) is 10.0 Å². The second-order valence-electron chi connectivity index (χ2n) is 5.08. The van der Waals surface area contributed by atoms with Gasteiger partial charge in [0.1, 0.15) is 0 Å². The molecule has 5 heteroatoms. The zero-order chi connectivity index (χ0) is 13.8. The monoisotopic (exact) mass is 301 g/mol. The van der Waals surface area contributed by atoms with Gasteiger partial charge in [-0.15, -0.1) is 0 Å². The van der Waals surface area contributed by atoms with Crippen molar-refractivity contribution in [2.75, 3.05) is 13.1 Å². The lowest BCUT2D eigenvalue weighted by atomic mass is 9.94. The van der Waals surface area contributed by atoms with Crippen LogP contribution >= 0.6 is 23.2 Å². The van der Waals surface area contributed by atoms with Crippen molar-refractivity contribution in [2.45, 2.75) is 25.8 Å². The molecule has 2 rings (SSSR count). The first-order chi connectivity index (χ1) is 9.04. The Morgan fingerprint density at radius 3 is 2.89 bits per heavy atom. The van der Waals surface area contributed by atoms with Gasteiger partial charge in [-0.2, -0.15) is 0 Å². The van der Waals surface area contributed by atoms with Gasteiger partial charge in [-0.25, -0.2) is 0 Å². The number of carbonyl (C=O) groups is 1. The summed E-state index contributed by atoms with van der Waals surface area (Å²) in [5.41, 5.74) is 1.04. The summed E-state index contributed by atoms with van der Waals surface area (Å²) in [7, 11) is 0. The average molecular weight is 302 g/mol. The fourth-order valence-corrected chi connectivity index (χ4v) is 3.07. The standard InChI is InChI=1S/C14H17Cl2NO2/c15-12-4-3-11(13(16)7-12)9-17-5-1-2-10(8-17)6-14(18)19/h3-4,7,10H,1-2,5-6,8-9H2,(H,18,19). The van der Waals surface area contributed by atoms with Gasteiger partial charge in [0.25, 0.3) is 0 Å². The number of likely N-dealkylation sites (tertiary alicyclic amines) is 1. The molecular formula is C14H17Cl2NO2. The number of halogens is 2. The number of hydrogen-bond acceptors (Lipinski definition) is 2. The van der Waals surface area contributed by atoms with Crippen LogP contribution in [0.3, 0.4) is 0 Å². The van der Waals surface area contributed by atoms with E-state index >= 15 is 0 Å². The SMILES string of the molecule is O=C(O)CC1CCCN(Cc2ccc(Cl)cc2Cl)C1. The van der Waals surface area contributed by atoms with Crippen LogP contribution in [0.25, 0.3) is 0 Å². The van der Waals surface area contributed by atoms with E-state index < -0.39 is 5.97 Å². The molecule has 1 N–H and O–H groups in total. The number of rotatable bonds is 4. The highest BCUT2D eigenvalue weighted by atomic mass is 35.5. The van der Waals surface area contributed by atoms with Crippen LogP contribution < -0.4 is 0 Å². The van der Waals surface area contributed by atoms with E-state index in [1.807, 2.05) is 12.1 Å². The number of nitrogens with zero attached hydrogens (tertiary/aromatic N) is 1. The predicted molar refractivity (Wildman–Crippen MR) is 76.7 cm³/mol. The van der Waals surface area contributed by atoms with Crippen LogP contribution in [0.1, 0.15) is 24.8 Å². The normalized spacial score (nSPS) is 20.4. The molecule has 1 heterocycles. The van der Waals surface area contributed by atoms with Crippen molar-refractivity contribution in [1.82, 2.24) is 4.90 Å². The average Bonchev–Trinajstić information content (AvgIpc) is 2.32. The third-order valence-corrected chi connectivity index (χ3v) is 4.06. The summed E-state index contributed by atoms with van der Waals surface area (Å²) >= 11 is 12.0. The summed E-state index contributed by atoms with van der Waals surface area (Å²) in [4.78, 5) is 13.0. The van der Waals surface area contributed by atoms with Crippen molar-refractivity contribution in [3.8, 4) is 0 Å². The third-order valence-electron chi connectivity index (χ3n) is 3.48. The molecule has 104 valence electrons. The largest absolute Gasteiger partial charge is 0.481 e. The van der Waals surface area contributed by atoms with Gasteiger partial charge in [0.15, 0.2) is 0 Å². The second kappa shape index (κ2) is 6.60. The van der Waals surface area contributed by atoms with Gasteiger partial charge in [0.05, 0.1) is 0 Å². The van der Waals surface area contributed by atoms with Gasteiger partial charge in [-0.05, 0) is 43.0 Å². The fraction of sp³-hybridized carbons (Fsp3) is 0.500. The van der Waals surface area contributed by atoms with E-state index in [1.54, 1.807) is 6.07 Å². The van der Waals surface area contributed by atoms with Crippen molar-refractivity contribution < 1.29 is 9.90 Å². The van der Waals surface area contributed by atoms with E-state index in [-0.39, 0.29) is 12.3 Å². The summed E-state index contributed by atoms with van der Waals surface area (Å²) in [5, 5.41) is 10.2. The number of carboxylic acid groups (broad SMARTS) is 1. The number of carboxylic acids is 1. The van der Waals surface area contributed by atoms with Crippen LogP contribution in [-0.2, 0) is 11.3 Å². The van der Waals surface area contributed by atoms with E-state index in [1.165, 1.54) is 0 Å². The molecule has 0 saturated carbocycles. The maximum atomic E-state index is 10.8. The highest BCUT2D eigenvalue weighted by Crippen LogP contribution is 2.25. The molecule has 0 amide bonds. The van der Waals surface area contributed by atoms with E-state index in [9.17, 15) is 4.79 Å². The third kappa shape index (κ3) is 4.37. The summed E-state index contributed by atoms with van der Waals surface area (Å²) in [6, 6.07) is 5.52. The molecule has 1 saturated heterocycles. The first kappa shape index (κ1) is 14.6. The highest BCUT2D eigenvalue weighted by molar-refractivity contribution is 6.35. The van der Waals surface area contributed by atoms with E-state index in [2.05, 4.69) is 4.90 Å². The van der Waals surface area contributed by atoms with Crippen molar-refractivity contribution >= 4 is 29.2 Å². The van der Waals surface area contributed by atoms with E-state index in [4.69, 9.17) is 28.3 Å². The van der Waals surface area contributed by atoms with Crippen molar-refractivity contribution in [1.29, 1.82) is 0 Å². The molecule has 0 bridgehead atoms. The summed E-state index contributed by atoms with van der Waals surface area (Å²) in [6.07, 6.45) is 2.30. The predicted octanol–water partition coefficient (Wildman–Crippen LogP) is 3.68. The van der Waals surface area contributed by atoms with Crippen LogP contribution in [0, 0.1) is 5.92 Å². The van der Waals surface area contributed by atoms with Gasteiger partial charge in [-0.1, -0.05) is 29.3 Å². The lowest BCUT2D eigenvalue weighted by Crippen LogP contribution is -2.35. The van der Waals surface area contributed by atoms with Crippen LogP contribution in [0.4, 0.5) is 0 Å². The van der Waals surface area contributed by atoms with Crippen LogP contribution in [0.5, 0.6) is 0 Å². The Morgan fingerprint density at radius 2 is 2.21 bits per heavy atom. The van der Waals surface area contributed by atoms with Gasteiger partial charge in [0.2, 0.25) is 0 Å². The highest BCUT2D eigenvalue weighted by Gasteiger charge is 2.22. The smallest absolute Gasteiger partial charge is 0.303 e. The molecular weight excluding hydrogens is 285 g/mol. The van der Waals surface area contributed by atoms with Crippen LogP contribution in [-0.4, -0.2) is 29.1 Å². The Labute approximate surface area is 123 Å². The quantitative estimate of drug-likeness (QED) is 0.922. The zero-order valence-corrected chi connectivity index (χ0v) is 12.1. The zero-order valence-electron chi connectivity index (χ0n) is 10.6. The number of hydrogen-bond donors (Lipinski definition) is 1.